The van der Waals surface area contributed by atoms with E-state index >= 15 is 0 Å². The molecule has 0 fully saturated rings. The molecule has 7 nitrogen and oxygen atoms in total. The number of halogens is 3. The number of ether oxygens (including phenoxy) is 2. The molecule has 0 bridgehead atoms. The van der Waals surface area contributed by atoms with Gasteiger partial charge in [0.25, 0.3) is 6.47 Å². The molecule has 1 aliphatic rings. The molecule has 35 heavy (non-hydrogen) atoms. The number of aromatic nitrogens is 2. The van der Waals surface area contributed by atoms with Crippen LogP contribution in [0.5, 0.6) is 0 Å². The van der Waals surface area contributed by atoms with E-state index in [0.29, 0.717) is 6.42 Å². The molecule has 2 unspecified atom stereocenters. The number of amides is 1. The van der Waals surface area contributed by atoms with Crippen LogP contribution in [0.15, 0.2) is 54.7 Å². The standard InChI is InChI=1S/C25H24F3N3O4/c26-25(27,28)23-19(13-29-31-23)12-20(35-15-32)11-17-6-8-21-18(10-17)7-9-22(21)30-24(33)34-14-16-4-2-1-3-5-16/h1-6,8,10,13,15,20,22H,7,9,11-12,14H2,(H,29,31)(H,30,33). The largest absolute Gasteiger partial charge is 0.464 e. The van der Waals surface area contributed by atoms with Crippen LogP contribution in [0.4, 0.5) is 18.0 Å². The van der Waals surface area contributed by atoms with Crippen molar-refractivity contribution >= 4 is 12.6 Å². The summed E-state index contributed by atoms with van der Waals surface area (Å²) in [6, 6.07) is 14.8. The first-order valence-corrected chi connectivity index (χ1v) is 11.1. The maximum absolute atomic E-state index is 13.1. The molecule has 1 heterocycles. The van der Waals surface area contributed by atoms with Gasteiger partial charge in [0.05, 0.1) is 12.2 Å². The highest BCUT2D eigenvalue weighted by Gasteiger charge is 2.36. The van der Waals surface area contributed by atoms with Crippen molar-refractivity contribution in [3.63, 3.8) is 0 Å². The molecule has 4 rings (SSSR count). The van der Waals surface area contributed by atoms with Gasteiger partial charge >= 0.3 is 12.3 Å². The van der Waals surface area contributed by atoms with Gasteiger partial charge in [-0.15, -0.1) is 0 Å². The number of benzene rings is 2. The van der Waals surface area contributed by atoms with Gasteiger partial charge in [-0.2, -0.15) is 18.3 Å². The predicted molar refractivity (Wildman–Crippen MR) is 119 cm³/mol. The number of hydrogen-bond acceptors (Lipinski definition) is 5. The Hall–Kier alpha value is -3.82. The monoisotopic (exact) mass is 487 g/mol. The number of aryl methyl sites for hydroxylation is 1. The molecule has 1 aromatic heterocycles. The van der Waals surface area contributed by atoms with Crippen LogP contribution >= 0.6 is 0 Å². The van der Waals surface area contributed by atoms with Crippen LogP contribution in [0.3, 0.4) is 0 Å². The van der Waals surface area contributed by atoms with Crippen molar-refractivity contribution in [2.75, 3.05) is 0 Å². The minimum absolute atomic E-state index is 0.0659. The summed E-state index contributed by atoms with van der Waals surface area (Å²) in [6.45, 7) is 0.419. The molecular formula is C25H24F3N3O4. The highest BCUT2D eigenvalue weighted by atomic mass is 19.4. The van der Waals surface area contributed by atoms with Gasteiger partial charge in [0.15, 0.2) is 0 Å². The van der Waals surface area contributed by atoms with Gasteiger partial charge in [-0.25, -0.2) is 4.79 Å². The quantitative estimate of drug-likeness (QED) is 0.428. The number of carbonyl (C=O) groups is 2. The maximum atomic E-state index is 13.1. The highest BCUT2D eigenvalue weighted by molar-refractivity contribution is 5.68. The van der Waals surface area contributed by atoms with Crippen molar-refractivity contribution in [1.82, 2.24) is 15.5 Å². The fourth-order valence-corrected chi connectivity index (χ4v) is 4.32. The zero-order valence-corrected chi connectivity index (χ0v) is 18.7. The van der Waals surface area contributed by atoms with Crippen molar-refractivity contribution in [2.24, 2.45) is 0 Å². The Morgan fingerprint density at radius 2 is 1.97 bits per heavy atom. The number of hydrogen-bond donors (Lipinski definition) is 2. The lowest BCUT2D eigenvalue weighted by Gasteiger charge is -2.17. The van der Waals surface area contributed by atoms with Crippen molar-refractivity contribution in [1.29, 1.82) is 0 Å². The van der Waals surface area contributed by atoms with Gasteiger partial charge in [0, 0.05) is 18.4 Å². The van der Waals surface area contributed by atoms with Gasteiger partial charge in [-0.3, -0.25) is 9.89 Å². The van der Waals surface area contributed by atoms with Crippen molar-refractivity contribution in [3.05, 3.63) is 88.2 Å². The van der Waals surface area contributed by atoms with Crippen LogP contribution in [0.25, 0.3) is 0 Å². The summed E-state index contributed by atoms with van der Waals surface area (Å²) in [4.78, 5) is 23.2. The van der Waals surface area contributed by atoms with Gasteiger partial charge < -0.3 is 14.8 Å². The summed E-state index contributed by atoms with van der Waals surface area (Å²) in [5, 5.41) is 8.34. The molecule has 0 saturated heterocycles. The van der Waals surface area contributed by atoms with Gasteiger partial charge in [0.2, 0.25) is 0 Å². The lowest BCUT2D eigenvalue weighted by Crippen LogP contribution is -2.27. The molecule has 3 aromatic rings. The van der Waals surface area contributed by atoms with E-state index in [0.717, 1.165) is 34.9 Å². The lowest BCUT2D eigenvalue weighted by atomic mass is 9.98. The summed E-state index contributed by atoms with van der Waals surface area (Å²) in [6.07, 6.45) is -3.22. The first kappa shape index (κ1) is 24.3. The number of nitrogens with zero attached hydrogens (tertiary/aromatic N) is 1. The third kappa shape index (κ3) is 6.20. The molecule has 0 saturated carbocycles. The minimum atomic E-state index is -4.57. The van der Waals surface area contributed by atoms with Crippen molar-refractivity contribution in [3.8, 4) is 0 Å². The Balaban J connectivity index is 1.37. The second kappa shape index (κ2) is 10.6. The first-order chi connectivity index (χ1) is 16.8. The maximum Gasteiger partial charge on any atom is 0.433 e. The van der Waals surface area contributed by atoms with E-state index in [-0.39, 0.29) is 37.5 Å². The molecule has 0 spiro atoms. The van der Waals surface area contributed by atoms with E-state index in [1.54, 1.807) is 0 Å². The SMILES string of the molecule is O=COC(Cc1ccc2c(c1)CCC2NC(=O)OCc1ccccc1)Cc1cn[nH]c1C(F)(F)F. The lowest BCUT2D eigenvalue weighted by molar-refractivity contribution is -0.142. The molecule has 10 heteroatoms. The minimum Gasteiger partial charge on any atom is -0.464 e. The number of alkyl carbamates (subject to hydrolysis) is 1. The van der Waals surface area contributed by atoms with E-state index < -0.39 is 24.1 Å². The topological polar surface area (TPSA) is 93.3 Å². The number of nitrogens with one attached hydrogen (secondary N) is 2. The molecule has 2 aromatic carbocycles. The zero-order valence-electron chi connectivity index (χ0n) is 18.7. The van der Waals surface area contributed by atoms with Crippen molar-refractivity contribution in [2.45, 2.75) is 50.6 Å². The Labute approximate surface area is 199 Å². The summed E-state index contributed by atoms with van der Waals surface area (Å²) >= 11 is 0. The second-order valence-electron chi connectivity index (χ2n) is 8.36. The normalized spacial score (nSPS) is 15.8. The molecule has 2 N–H and O–H groups in total. The van der Waals surface area contributed by atoms with Gasteiger partial charge in [0.1, 0.15) is 18.4 Å². The van der Waals surface area contributed by atoms with Crippen LogP contribution < -0.4 is 5.32 Å². The first-order valence-electron chi connectivity index (χ1n) is 11.1. The molecule has 184 valence electrons. The molecule has 2 atom stereocenters. The van der Waals surface area contributed by atoms with Crippen LogP contribution in [0.2, 0.25) is 0 Å². The van der Waals surface area contributed by atoms with E-state index in [2.05, 4.69) is 10.4 Å². The number of aromatic amines is 1. The molecule has 1 amide bonds. The Bertz CT molecular complexity index is 1160. The molecule has 0 aliphatic heterocycles. The van der Waals surface area contributed by atoms with Crippen LogP contribution in [-0.4, -0.2) is 28.9 Å². The summed E-state index contributed by atoms with van der Waals surface area (Å²) in [5.74, 6) is 0. The zero-order chi connectivity index (χ0) is 24.8. The Morgan fingerprint density at radius 3 is 2.71 bits per heavy atom. The second-order valence-corrected chi connectivity index (χ2v) is 8.36. The molecule has 1 aliphatic carbocycles. The summed E-state index contributed by atoms with van der Waals surface area (Å²) in [7, 11) is 0. The average Bonchev–Trinajstić information content (AvgIpc) is 3.45. The number of rotatable bonds is 9. The van der Waals surface area contributed by atoms with Gasteiger partial charge in [-0.05, 0) is 35.1 Å². The third-order valence-corrected chi connectivity index (χ3v) is 5.95. The number of H-pyrrole nitrogens is 1. The smallest absolute Gasteiger partial charge is 0.433 e. The van der Waals surface area contributed by atoms with Crippen LogP contribution in [0, 0.1) is 0 Å². The predicted octanol–water partition coefficient (Wildman–Crippen LogP) is 4.67. The van der Waals surface area contributed by atoms with Crippen LogP contribution in [-0.2, 0) is 46.3 Å². The number of fused-ring (bicyclic) bond motifs is 1. The van der Waals surface area contributed by atoms with E-state index in [9.17, 15) is 22.8 Å². The van der Waals surface area contributed by atoms with E-state index in [4.69, 9.17) is 9.47 Å². The summed E-state index contributed by atoms with van der Waals surface area (Å²) < 4.78 is 49.8. The van der Waals surface area contributed by atoms with E-state index in [1.807, 2.05) is 53.6 Å². The van der Waals surface area contributed by atoms with E-state index in [1.165, 1.54) is 0 Å². The molecular weight excluding hydrogens is 463 g/mol. The van der Waals surface area contributed by atoms with Crippen molar-refractivity contribution < 1.29 is 32.2 Å². The third-order valence-electron chi connectivity index (χ3n) is 5.95. The fraction of sp³-hybridized carbons (Fsp3) is 0.320. The fourth-order valence-electron chi connectivity index (χ4n) is 4.32. The average molecular weight is 487 g/mol. The highest BCUT2D eigenvalue weighted by Crippen LogP contribution is 2.33. The Kier molecular flexibility index (Phi) is 7.38. The van der Waals surface area contributed by atoms with Crippen LogP contribution in [0.1, 0.15) is 46.0 Å². The summed E-state index contributed by atoms with van der Waals surface area (Å²) in [5.41, 5.74) is 2.69. The number of alkyl halides is 3. The Morgan fingerprint density at radius 1 is 1.17 bits per heavy atom. The molecule has 0 radical (unpaired) electrons. The number of carbonyl (C=O) groups excluding carboxylic acids is 2. The van der Waals surface area contributed by atoms with Gasteiger partial charge in [-0.1, -0.05) is 48.5 Å².